The molecule has 3 heteroatoms. The monoisotopic (exact) mass is 303 g/mol. The van der Waals surface area contributed by atoms with Crippen molar-refractivity contribution in [3.05, 3.63) is 71.4 Å². The second kappa shape index (κ2) is 5.99. The van der Waals surface area contributed by atoms with Gasteiger partial charge < -0.3 is 0 Å². The Kier molecular flexibility index (Phi) is 3.70. The highest BCUT2D eigenvalue weighted by Gasteiger charge is 2.21. The number of rotatable bonds is 2. The van der Waals surface area contributed by atoms with Crippen LogP contribution in [0.15, 0.2) is 54.7 Å². The van der Waals surface area contributed by atoms with Gasteiger partial charge in [0.15, 0.2) is 0 Å². The zero-order valence-electron chi connectivity index (χ0n) is 13.4. The van der Waals surface area contributed by atoms with Gasteiger partial charge in [0, 0.05) is 5.56 Å². The summed E-state index contributed by atoms with van der Waals surface area (Å²) >= 11 is 0. The molecule has 0 saturated heterocycles. The van der Waals surface area contributed by atoms with Crippen molar-refractivity contribution in [1.29, 1.82) is 0 Å². The maximum absolute atomic E-state index is 4.45. The molecule has 3 aromatic rings. The summed E-state index contributed by atoms with van der Waals surface area (Å²) in [4.78, 5) is 0. The zero-order chi connectivity index (χ0) is 15.6. The van der Waals surface area contributed by atoms with E-state index >= 15 is 0 Å². The summed E-state index contributed by atoms with van der Waals surface area (Å²) in [5, 5.41) is 8.85. The van der Waals surface area contributed by atoms with Crippen molar-refractivity contribution in [3.8, 4) is 11.3 Å². The Labute approximate surface area is 137 Å². The smallest absolute Gasteiger partial charge is 0.113 e. The molecule has 0 N–H and O–H groups in total. The van der Waals surface area contributed by atoms with Crippen LogP contribution in [0, 0.1) is 6.92 Å². The topological polar surface area (TPSA) is 30.7 Å². The summed E-state index contributed by atoms with van der Waals surface area (Å²) in [5.74, 6) is 0. The van der Waals surface area contributed by atoms with Crippen LogP contribution in [0.3, 0.4) is 0 Å². The highest BCUT2D eigenvalue weighted by Crippen LogP contribution is 2.32. The lowest BCUT2D eigenvalue weighted by Crippen LogP contribution is -2.12. The van der Waals surface area contributed by atoms with Crippen molar-refractivity contribution in [1.82, 2.24) is 15.0 Å². The van der Waals surface area contributed by atoms with Crippen molar-refractivity contribution in [3.63, 3.8) is 0 Å². The number of hydrogen-bond donors (Lipinski definition) is 0. The van der Waals surface area contributed by atoms with Gasteiger partial charge in [-0.25, -0.2) is 4.68 Å². The molecule has 1 heterocycles. The van der Waals surface area contributed by atoms with Gasteiger partial charge in [-0.15, -0.1) is 5.10 Å². The van der Waals surface area contributed by atoms with Crippen LogP contribution in [0.4, 0.5) is 0 Å². The molecule has 23 heavy (non-hydrogen) atoms. The van der Waals surface area contributed by atoms with Crippen molar-refractivity contribution in [2.45, 2.75) is 38.6 Å². The van der Waals surface area contributed by atoms with E-state index in [4.69, 9.17) is 0 Å². The maximum Gasteiger partial charge on any atom is 0.113 e. The first-order valence-corrected chi connectivity index (χ1v) is 8.38. The molecule has 0 radical (unpaired) electrons. The number of nitrogens with zero attached hydrogens (tertiary/aromatic N) is 3. The lowest BCUT2D eigenvalue weighted by molar-refractivity contribution is 0.468. The minimum absolute atomic E-state index is 0.306. The molecule has 1 aliphatic rings. The van der Waals surface area contributed by atoms with E-state index in [0.29, 0.717) is 6.04 Å². The number of fused-ring (bicyclic) bond motifs is 1. The minimum Gasteiger partial charge on any atom is -0.244 e. The van der Waals surface area contributed by atoms with E-state index in [1.807, 2.05) is 0 Å². The molecule has 1 unspecified atom stereocenters. The Morgan fingerprint density at radius 1 is 1.00 bits per heavy atom. The van der Waals surface area contributed by atoms with Gasteiger partial charge in [-0.1, -0.05) is 65.7 Å². The van der Waals surface area contributed by atoms with Gasteiger partial charge in [-0.05, 0) is 37.3 Å². The standard InChI is InChI=1S/C20H21N3/c1-15-10-12-17(13-11-15)19-14-23(22-21-19)20-9-5-3-7-16-6-2-4-8-18(16)20/h2,4,6,8,10-14,20H,3,5,7,9H2,1H3. The number of benzene rings is 2. The summed E-state index contributed by atoms with van der Waals surface area (Å²) in [6, 6.07) is 17.6. The normalized spacial score (nSPS) is 17.5. The molecular formula is C20H21N3. The number of aromatic nitrogens is 3. The number of aryl methyl sites for hydroxylation is 2. The SMILES string of the molecule is Cc1ccc(-c2cn(C3CCCCc4ccccc43)nn2)cc1. The molecule has 4 rings (SSSR count). The third-order valence-electron chi connectivity index (χ3n) is 4.76. The maximum atomic E-state index is 4.45. The van der Waals surface area contributed by atoms with Gasteiger partial charge >= 0.3 is 0 Å². The lowest BCUT2D eigenvalue weighted by atomic mass is 9.99. The van der Waals surface area contributed by atoms with E-state index in [1.165, 1.54) is 36.0 Å². The molecule has 1 aromatic heterocycles. The first kappa shape index (κ1) is 14.2. The highest BCUT2D eigenvalue weighted by atomic mass is 15.4. The van der Waals surface area contributed by atoms with Gasteiger partial charge in [-0.2, -0.15) is 0 Å². The quantitative estimate of drug-likeness (QED) is 0.649. The zero-order valence-corrected chi connectivity index (χ0v) is 13.4. The molecule has 0 spiro atoms. The third kappa shape index (κ3) is 2.79. The average molecular weight is 303 g/mol. The van der Waals surface area contributed by atoms with E-state index in [9.17, 15) is 0 Å². The Balaban J connectivity index is 1.70. The number of hydrogen-bond acceptors (Lipinski definition) is 2. The molecule has 116 valence electrons. The summed E-state index contributed by atoms with van der Waals surface area (Å²) in [7, 11) is 0. The Hall–Kier alpha value is -2.42. The van der Waals surface area contributed by atoms with Crippen molar-refractivity contribution in [2.24, 2.45) is 0 Å². The molecule has 1 atom stereocenters. The lowest BCUT2D eigenvalue weighted by Gasteiger charge is -2.17. The second-order valence-corrected chi connectivity index (χ2v) is 6.41. The highest BCUT2D eigenvalue weighted by molar-refractivity contribution is 5.58. The van der Waals surface area contributed by atoms with Gasteiger partial charge in [0.05, 0.1) is 12.2 Å². The second-order valence-electron chi connectivity index (χ2n) is 6.41. The Morgan fingerprint density at radius 3 is 2.70 bits per heavy atom. The van der Waals surface area contributed by atoms with Crippen molar-refractivity contribution >= 4 is 0 Å². The van der Waals surface area contributed by atoms with Gasteiger partial charge in [0.25, 0.3) is 0 Å². The molecule has 0 saturated carbocycles. The molecule has 0 amide bonds. The summed E-state index contributed by atoms with van der Waals surface area (Å²) < 4.78 is 2.05. The fourth-order valence-corrected chi connectivity index (χ4v) is 3.46. The molecule has 3 nitrogen and oxygen atoms in total. The minimum atomic E-state index is 0.306. The van der Waals surface area contributed by atoms with Crippen LogP contribution in [-0.2, 0) is 6.42 Å². The van der Waals surface area contributed by atoms with Crippen LogP contribution >= 0.6 is 0 Å². The average Bonchev–Trinajstić information content (AvgIpc) is 2.96. The fraction of sp³-hybridized carbons (Fsp3) is 0.300. The summed E-state index contributed by atoms with van der Waals surface area (Å²) in [6.45, 7) is 2.10. The van der Waals surface area contributed by atoms with Crippen LogP contribution in [0.2, 0.25) is 0 Å². The Morgan fingerprint density at radius 2 is 1.83 bits per heavy atom. The van der Waals surface area contributed by atoms with E-state index in [2.05, 4.69) is 76.6 Å². The molecule has 2 aromatic carbocycles. The van der Waals surface area contributed by atoms with E-state index in [-0.39, 0.29) is 0 Å². The van der Waals surface area contributed by atoms with Crippen molar-refractivity contribution in [2.75, 3.05) is 0 Å². The predicted octanol–water partition coefficient (Wildman–Crippen LogP) is 4.57. The molecular weight excluding hydrogens is 282 g/mol. The van der Waals surface area contributed by atoms with E-state index in [0.717, 1.165) is 17.7 Å². The van der Waals surface area contributed by atoms with Crippen LogP contribution in [0.1, 0.15) is 42.0 Å². The van der Waals surface area contributed by atoms with Crippen LogP contribution in [-0.4, -0.2) is 15.0 Å². The largest absolute Gasteiger partial charge is 0.244 e. The first-order valence-electron chi connectivity index (χ1n) is 8.38. The van der Waals surface area contributed by atoms with E-state index < -0.39 is 0 Å². The summed E-state index contributed by atoms with van der Waals surface area (Å²) in [5.41, 5.74) is 6.21. The van der Waals surface area contributed by atoms with Crippen LogP contribution in [0.5, 0.6) is 0 Å². The third-order valence-corrected chi connectivity index (χ3v) is 4.76. The molecule has 0 aliphatic heterocycles. The molecule has 0 fully saturated rings. The van der Waals surface area contributed by atoms with E-state index in [1.54, 1.807) is 0 Å². The van der Waals surface area contributed by atoms with Gasteiger partial charge in [0.1, 0.15) is 5.69 Å². The van der Waals surface area contributed by atoms with Gasteiger partial charge in [0.2, 0.25) is 0 Å². The predicted molar refractivity (Wildman–Crippen MR) is 92.3 cm³/mol. The fourth-order valence-electron chi connectivity index (χ4n) is 3.46. The van der Waals surface area contributed by atoms with Crippen LogP contribution in [0.25, 0.3) is 11.3 Å². The van der Waals surface area contributed by atoms with Crippen LogP contribution < -0.4 is 0 Å². The Bertz CT molecular complexity index is 802. The van der Waals surface area contributed by atoms with Gasteiger partial charge in [-0.3, -0.25) is 0 Å². The van der Waals surface area contributed by atoms with Crippen molar-refractivity contribution < 1.29 is 0 Å². The molecule has 1 aliphatic carbocycles. The summed E-state index contributed by atoms with van der Waals surface area (Å²) in [6.07, 6.45) is 6.89. The molecule has 0 bridgehead atoms. The first-order chi connectivity index (χ1) is 11.3.